The molecule has 0 aromatic heterocycles. The van der Waals surface area contributed by atoms with Gasteiger partial charge in [-0.15, -0.1) is 0 Å². The van der Waals surface area contributed by atoms with E-state index in [4.69, 9.17) is 4.74 Å². The van der Waals surface area contributed by atoms with Crippen LogP contribution in [0.4, 0.5) is 0 Å². The summed E-state index contributed by atoms with van der Waals surface area (Å²) in [4.78, 5) is 0.385. The smallest absolute Gasteiger partial charge is 0.179 e. The lowest BCUT2D eigenvalue weighted by Gasteiger charge is -2.07. The SMILES string of the molecule is CCCCOCCNCCS(=O)(=O)c1ccccc1. The first kappa shape index (κ1) is 16.1. The Morgan fingerprint density at radius 2 is 1.84 bits per heavy atom. The van der Waals surface area contributed by atoms with Gasteiger partial charge in [0.05, 0.1) is 17.3 Å². The maximum absolute atomic E-state index is 11.9. The molecular weight excluding hydrogens is 262 g/mol. The minimum Gasteiger partial charge on any atom is -0.380 e. The first-order valence-corrected chi connectivity index (χ1v) is 8.38. The Balaban J connectivity index is 2.15. The molecule has 0 bridgehead atoms. The zero-order valence-electron chi connectivity index (χ0n) is 11.5. The summed E-state index contributed by atoms with van der Waals surface area (Å²) in [7, 11) is -3.16. The van der Waals surface area contributed by atoms with E-state index in [0.717, 1.165) is 19.4 Å². The van der Waals surface area contributed by atoms with Crippen molar-refractivity contribution in [3.8, 4) is 0 Å². The van der Waals surface area contributed by atoms with Crippen molar-refractivity contribution in [2.75, 3.05) is 32.1 Å². The zero-order chi connectivity index (χ0) is 14.0. The topological polar surface area (TPSA) is 55.4 Å². The molecule has 1 N–H and O–H groups in total. The van der Waals surface area contributed by atoms with E-state index in [0.29, 0.717) is 24.6 Å². The van der Waals surface area contributed by atoms with Crippen LogP contribution in [0.2, 0.25) is 0 Å². The highest BCUT2D eigenvalue weighted by Crippen LogP contribution is 2.08. The van der Waals surface area contributed by atoms with Crippen LogP contribution in [-0.2, 0) is 14.6 Å². The molecule has 1 aromatic rings. The third-order valence-electron chi connectivity index (χ3n) is 2.72. The first-order valence-electron chi connectivity index (χ1n) is 6.73. The number of nitrogens with one attached hydrogen (secondary N) is 1. The van der Waals surface area contributed by atoms with Crippen molar-refractivity contribution in [2.45, 2.75) is 24.7 Å². The van der Waals surface area contributed by atoms with Crippen molar-refractivity contribution in [2.24, 2.45) is 0 Å². The minimum absolute atomic E-state index is 0.117. The second kappa shape index (κ2) is 9.07. The Labute approximate surface area is 116 Å². The molecule has 19 heavy (non-hydrogen) atoms. The van der Waals surface area contributed by atoms with Gasteiger partial charge < -0.3 is 10.1 Å². The van der Waals surface area contributed by atoms with Gasteiger partial charge in [0.2, 0.25) is 0 Å². The summed E-state index contributed by atoms with van der Waals surface area (Å²) in [6, 6.07) is 8.54. The molecule has 0 aliphatic heterocycles. The fourth-order valence-corrected chi connectivity index (χ4v) is 2.79. The molecule has 1 rings (SSSR count). The fourth-order valence-electron chi connectivity index (χ4n) is 1.57. The van der Waals surface area contributed by atoms with Crippen molar-refractivity contribution in [3.05, 3.63) is 30.3 Å². The molecule has 1 aromatic carbocycles. The minimum atomic E-state index is -3.16. The molecule has 0 saturated heterocycles. The van der Waals surface area contributed by atoms with Crippen LogP contribution in [0.25, 0.3) is 0 Å². The van der Waals surface area contributed by atoms with Crippen LogP contribution in [0.15, 0.2) is 35.2 Å². The molecule has 0 heterocycles. The van der Waals surface area contributed by atoms with E-state index >= 15 is 0 Å². The van der Waals surface area contributed by atoms with Gasteiger partial charge in [0, 0.05) is 19.7 Å². The molecule has 4 nitrogen and oxygen atoms in total. The molecule has 0 saturated carbocycles. The highest BCUT2D eigenvalue weighted by atomic mass is 32.2. The largest absolute Gasteiger partial charge is 0.380 e. The van der Waals surface area contributed by atoms with Gasteiger partial charge in [-0.25, -0.2) is 8.42 Å². The molecule has 0 spiro atoms. The maximum Gasteiger partial charge on any atom is 0.179 e. The molecule has 0 aliphatic carbocycles. The van der Waals surface area contributed by atoms with Gasteiger partial charge in [0.1, 0.15) is 0 Å². The summed E-state index contributed by atoms with van der Waals surface area (Å²) >= 11 is 0. The van der Waals surface area contributed by atoms with Crippen LogP contribution < -0.4 is 5.32 Å². The second-order valence-electron chi connectivity index (χ2n) is 4.35. The average Bonchev–Trinajstić information content (AvgIpc) is 2.43. The van der Waals surface area contributed by atoms with Crippen LogP contribution in [0.3, 0.4) is 0 Å². The van der Waals surface area contributed by atoms with E-state index in [-0.39, 0.29) is 5.75 Å². The quantitative estimate of drug-likeness (QED) is 0.667. The Morgan fingerprint density at radius 1 is 1.11 bits per heavy atom. The lowest BCUT2D eigenvalue weighted by atomic mass is 10.4. The van der Waals surface area contributed by atoms with Crippen molar-refractivity contribution in [1.29, 1.82) is 0 Å². The van der Waals surface area contributed by atoms with Crippen molar-refractivity contribution < 1.29 is 13.2 Å². The monoisotopic (exact) mass is 285 g/mol. The van der Waals surface area contributed by atoms with E-state index in [1.807, 2.05) is 6.07 Å². The lowest BCUT2D eigenvalue weighted by molar-refractivity contribution is 0.133. The average molecular weight is 285 g/mol. The number of hydrogen-bond donors (Lipinski definition) is 1. The van der Waals surface area contributed by atoms with Crippen LogP contribution in [0.5, 0.6) is 0 Å². The van der Waals surface area contributed by atoms with E-state index < -0.39 is 9.84 Å². The molecule has 0 radical (unpaired) electrons. The number of unbranched alkanes of at least 4 members (excludes halogenated alkanes) is 1. The van der Waals surface area contributed by atoms with Crippen LogP contribution in [0, 0.1) is 0 Å². The Morgan fingerprint density at radius 3 is 2.53 bits per heavy atom. The van der Waals surface area contributed by atoms with E-state index in [1.54, 1.807) is 24.3 Å². The van der Waals surface area contributed by atoms with Crippen molar-refractivity contribution >= 4 is 9.84 Å². The Kier molecular flexibility index (Phi) is 7.70. The number of rotatable bonds is 10. The predicted octanol–water partition coefficient (Wildman–Crippen LogP) is 1.87. The Bertz CT molecular complexity index is 431. The molecule has 0 fully saturated rings. The van der Waals surface area contributed by atoms with E-state index in [2.05, 4.69) is 12.2 Å². The molecule has 108 valence electrons. The summed E-state index contributed by atoms with van der Waals surface area (Å²) < 4.78 is 29.2. The highest BCUT2D eigenvalue weighted by molar-refractivity contribution is 7.91. The van der Waals surface area contributed by atoms with Gasteiger partial charge in [-0.1, -0.05) is 31.5 Å². The normalized spacial score (nSPS) is 11.6. The third kappa shape index (κ3) is 6.71. The zero-order valence-corrected chi connectivity index (χ0v) is 12.3. The number of ether oxygens (including phenoxy) is 1. The van der Waals surface area contributed by atoms with Crippen LogP contribution in [0.1, 0.15) is 19.8 Å². The molecule has 0 amide bonds. The summed E-state index contributed by atoms with van der Waals surface area (Å²) in [6.45, 7) is 4.67. The summed E-state index contributed by atoms with van der Waals surface area (Å²) in [6.07, 6.45) is 2.20. The standard InChI is InChI=1S/C14H23NO3S/c1-2-3-11-18-12-9-15-10-13-19(16,17)14-7-5-4-6-8-14/h4-8,15H,2-3,9-13H2,1H3. The third-order valence-corrected chi connectivity index (χ3v) is 4.45. The summed E-state index contributed by atoms with van der Waals surface area (Å²) in [5, 5.41) is 3.08. The molecule has 5 heteroatoms. The van der Waals surface area contributed by atoms with E-state index in [1.165, 1.54) is 0 Å². The van der Waals surface area contributed by atoms with Crippen molar-refractivity contribution in [3.63, 3.8) is 0 Å². The van der Waals surface area contributed by atoms with Gasteiger partial charge >= 0.3 is 0 Å². The van der Waals surface area contributed by atoms with Gasteiger partial charge in [0.25, 0.3) is 0 Å². The highest BCUT2D eigenvalue weighted by Gasteiger charge is 2.12. The van der Waals surface area contributed by atoms with Gasteiger partial charge in [-0.3, -0.25) is 0 Å². The van der Waals surface area contributed by atoms with Crippen LogP contribution in [-0.4, -0.2) is 40.5 Å². The second-order valence-corrected chi connectivity index (χ2v) is 6.46. The number of sulfone groups is 1. The molecule has 0 atom stereocenters. The van der Waals surface area contributed by atoms with Gasteiger partial charge in [-0.2, -0.15) is 0 Å². The summed E-state index contributed by atoms with van der Waals surface area (Å²) in [5.74, 6) is 0.117. The maximum atomic E-state index is 11.9. The number of hydrogen-bond acceptors (Lipinski definition) is 4. The predicted molar refractivity (Wildman–Crippen MR) is 77.1 cm³/mol. The molecule has 0 unspecified atom stereocenters. The fraction of sp³-hybridized carbons (Fsp3) is 0.571. The first-order chi connectivity index (χ1) is 9.17. The molecule has 0 aliphatic rings. The van der Waals surface area contributed by atoms with Gasteiger partial charge in [-0.05, 0) is 18.6 Å². The lowest BCUT2D eigenvalue weighted by Crippen LogP contribution is -2.26. The number of benzene rings is 1. The Hall–Kier alpha value is -0.910. The van der Waals surface area contributed by atoms with E-state index in [9.17, 15) is 8.42 Å². The van der Waals surface area contributed by atoms with Crippen molar-refractivity contribution in [1.82, 2.24) is 5.32 Å². The molecular formula is C14H23NO3S. The van der Waals surface area contributed by atoms with Crippen LogP contribution >= 0.6 is 0 Å². The summed E-state index contributed by atoms with van der Waals surface area (Å²) in [5.41, 5.74) is 0. The van der Waals surface area contributed by atoms with Gasteiger partial charge in [0.15, 0.2) is 9.84 Å².